The number of esters is 1. The lowest BCUT2D eigenvalue weighted by atomic mass is 9.94. The number of allylic oxidation sites excluding steroid dienone is 1. The number of carbonyl (C=O) groups is 4. The molecule has 0 aliphatic rings. The van der Waals surface area contributed by atoms with E-state index in [1.165, 1.54) is 18.3 Å². The van der Waals surface area contributed by atoms with Gasteiger partial charge in [0, 0.05) is 44.3 Å². The van der Waals surface area contributed by atoms with E-state index in [4.69, 9.17) is 4.74 Å². The molecule has 2 aromatic rings. The Morgan fingerprint density at radius 2 is 1.81 bits per heavy atom. The van der Waals surface area contributed by atoms with Gasteiger partial charge in [0.1, 0.15) is 10.7 Å². The van der Waals surface area contributed by atoms with E-state index in [1.54, 1.807) is 30.3 Å². The summed E-state index contributed by atoms with van der Waals surface area (Å²) in [7, 11) is 1.76. The summed E-state index contributed by atoms with van der Waals surface area (Å²) >= 11 is 1.21. The highest BCUT2D eigenvalue weighted by atomic mass is 32.1. The summed E-state index contributed by atoms with van der Waals surface area (Å²) in [5, 5.41) is 14.5. The fourth-order valence-corrected chi connectivity index (χ4v) is 5.70. The molecule has 9 nitrogen and oxygen atoms in total. The number of nitrogens with one attached hydrogen (secondary N) is 1. The predicted octanol–water partition coefficient (Wildman–Crippen LogP) is 5.67. The van der Waals surface area contributed by atoms with Crippen molar-refractivity contribution in [3.05, 3.63) is 64.6 Å². The average Bonchev–Trinajstić information content (AvgIpc) is 3.44. The van der Waals surface area contributed by atoms with Crippen LogP contribution in [0, 0.1) is 17.8 Å². The van der Waals surface area contributed by atoms with Crippen LogP contribution in [-0.4, -0.2) is 57.9 Å². The highest BCUT2D eigenvalue weighted by Gasteiger charge is 2.31. The molecule has 1 aromatic heterocycles. The Labute approximate surface area is 253 Å². The first-order valence-electron chi connectivity index (χ1n) is 14.4. The summed E-state index contributed by atoms with van der Waals surface area (Å²) in [5.41, 5.74) is 1.14. The molecular formula is C32H45N3O6S. The first kappa shape index (κ1) is 34.7. The lowest BCUT2D eigenvalue weighted by molar-refractivity contribution is -0.148. The van der Waals surface area contributed by atoms with E-state index in [2.05, 4.69) is 16.9 Å². The minimum atomic E-state index is -0.930. The van der Waals surface area contributed by atoms with E-state index in [1.807, 2.05) is 51.1 Å². The summed E-state index contributed by atoms with van der Waals surface area (Å²) in [4.78, 5) is 56.2. The number of thiazole rings is 1. The van der Waals surface area contributed by atoms with Crippen molar-refractivity contribution < 1.29 is 29.0 Å². The molecule has 1 aromatic carbocycles. The third-order valence-electron chi connectivity index (χ3n) is 7.47. The van der Waals surface area contributed by atoms with Crippen LogP contribution >= 0.6 is 11.3 Å². The Bertz CT molecular complexity index is 1200. The second-order valence-corrected chi connectivity index (χ2v) is 12.1. The molecule has 230 valence electrons. The van der Waals surface area contributed by atoms with Gasteiger partial charge in [0.2, 0.25) is 5.91 Å². The van der Waals surface area contributed by atoms with Crippen LogP contribution in [0.5, 0.6) is 0 Å². The maximum Gasteiger partial charge on any atom is 0.306 e. The van der Waals surface area contributed by atoms with Gasteiger partial charge < -0.3 is 20.1 Å². The fraction of sp³-hybridized carbons (Fsp3) is 0.531. The third kappa shape index (κ3) is 10.7. The highest BCUT2D eigenvalue weighted by Crippen LogP contribution is 2.31. The standard InChI is InChI=1S/C32H45N3O6S/c1-8-23(9-2)17-29(37)35(7)27(20(3)4)18-28(41-22(6)36)31-34-26(19-42-31)30(38)33-25(15-21(5)32(39)40)16-24-13-11-10-12-14-24/h8,10-14,19-21,23,25,27-28H,1,9,15-18H2,2-7H3,(H,33,38)(H,39,40)/t21-,23-,25+,27+,28?/m0/s1. The van der Waals surface area contributed by atoms with Crippen molar-refractivity contribution in [3.63, 3.8) is 0 Å². The molecule has 0 saturated carbocycles. The maximum atomic E-state index is 13.3. The number of hydrogen-bond acceptors (Lipinski definition) is 7. The Morgan fingerprint density at radius 3 is 2.36 bits per heavy atom. The molecule has 0 fully saturated rings. The first-order chi connectivity index (χ1) is 19.9. The largest absolute Gasteiger partial charge is 0.481 e. The van der Waals surface area contributed by atoms with E-state index in [0.717, 1.165) is 12.0 Å². The van der Waals surface area contributed by atoms with E-state index < -0.39 is 35.9 Å². The van der Waals surface area contributed by atoms with Crippen LogP contribution in [0.1, 0.15) is 87.5 Å². The number of carbonyl (C=O) groups excluding carboxylic acids is 3. The van der Waals surface area contributed by atoms with Gasteiger partial charge in [0.15, 0.2) is 6.10 Å². The van der Waals surface area contributed by atoms with Crippen LogP contribution in [0.4, 0.5) is 0 Å². The fourth-order valence-electron chi connectivity index (χ4n) is 4.86. The molecule has 1 unspecified atom stereocenters. The summed E-state index contributed by atoms with van der Waals surface area (Å²) in [6.45, 7) is 12.8. The van der Waals surface area contributed by atoms with Crippen molar-refractivity contribution in [2.45, 2.75) is 84.9 Å². The molecular weight excluding hydrogens is 554 g/mol. The Morgan fingerprint density at radius 1 is 1.14 bits per heavy atom. The van der Waals surface area contributed by atoms with Crippen molar-refractivity contribution >= 4 is 35.1 Å². The number of hydrogen-bond donors (Lipinski definition) is 2. The van der Waals surface area contributed by atoms with Crippen LogP contribution < -0.4 is 5.32 Å². The normalized spacial score (nSPS) is 14.7. The smallest absolute Gasteiger partial charge is 0.306 e. The van der Waals surface area contributed by atoms with E-state index >= 15 is 0 Å². The number of rotatable bonds is 17. The van der Waals surface area contributed by atoms with E-state index in [-0.39, 0.29) is 35.9 Å². The van der Waals surface area contributed by atoms with Crippen molar-refractivity contribution in [1.82, 2.24) is 15.2 Å². The number of carboxylic acid groups (broad SMARTS) is 1. The molecule has 0 aliphatic carbocycles. The second kappa shape index (κ2) is 16.8. The Hall–Kier alpha value is -3.53. The van der Waals surface area contributed by atoms with Crippen molar-refractivity contribution in [2.75, 3.05) is 7.05 Å². The van der Waals surface area contributed by atoms with Gasteiger partial charge >= 0.3 is 11.9 Å². The molecule has 2 N–H and O–H groups in total. The maximum absolute atomic E-state index is 13.3. The zero-order valence-corrected chi connectivity index (χ0v) is 26.4. The summed E-state index contributed by atoms with van der Waals surface area (Å²) in [6.07, 6.45) is 3.27. The van der Waals surface area contributed by atoms with Gasteiger partial charge in [-0.1, -0.05) is 64.1 Å². The zero-order chi connectivity index (χ0) is 31.4. The minimum absolute atomic E-state index is 0.0127. The number of carboxylic acids is 1. The summed E-state index contributed by atoms with van der Waals surface area (Å²) in [6, 6.07) is 8.89. The van der Waals surface area contributed by atoms with Crippen molar-refractivity contribution in [2.24, 2.45) is 17.8 Å². The summed E-state index contributed by atoms with van der Waals surface area (Å²) < 4.78 is 5.66. The van der Waals surface area contributed by atoms with Crippen molar-refractivity contribution in [1.29, 1.82) is 0 Å². The second-order valence-electron chi connectivity index (χ2n) is 11.2. The highest BCUT2D eigenvalue weighted by molar-refractivity contribution is 7.09. The SMILES string of the molecule is C=C[C@@H](CC)CC(=O)N(C)[C@H](CC(OC(C)=O)c1nc(C(=O)N[C@@H](Cc2ccccc2)C[C@H](C)C(=O)O)cs1)C(C)C. The van der Waals surface area contributed by atoms with Gasteiger partial charge in [0.05, 0.1) is 5.92 Å². The molecule has 0 spiro atoms. The van der Waals surface area contributed by atoms with Crippen LogP contribution in [0.3, 0.4) is 0 Å². The van der Waals surface area contributed by atoms with Crippen LogP contribution in [-0.2, 0) is 25.5 Å². The molecule has 1 heterocycles. The van der Waals surface area contributed by atoms with Gasteiger partial charge in [-0.15, -0.1) is 17.9 Å². The Balaban J connectivity index is 2.25. The van der Waals surface area contributed by atoms with Gasteiger partial charge in [-0.2, -0.15) is 0 Å². The van der Waals surface area contributed by atoms with E-state index in [0.29, 0.717) is 24.3 Å². The molecule has 2 amide bonds. The molecule has 42 heavy (non-hydrogen) atoms. The molecule has 0 saturated heterocycles. The van der Waals surface area contributed by atoms with Gasteiger partial charge in [-0.25, -0.2) is 4.98 Å². The topological polar surface area (TPSA) is 126 Å². The van der Waals surface area contributed by atoms with Gasteiger partial charge in [-0.3, -0.25) is 19.2 Å². The predicted molar refractivity (Wildman–Crippen MR) is 164 cm³/mol. The quantitative estimate of drug-likeness (QED) is 0.177. The molecule has 2 rings (SSSR count). The Kier molecular flexibility index (Phi) is 13.9. The minimum Gasteiger partial charge on any atom is -0.481 e. The molecule has 0 radical (unpaired) electrons. The van der Waals surface area contributed by atoms with Crippen molar-refractivity contribution in [3.8, 4) is 0 Å². The van der Waals surface area contributed by atoms with Gasteiger partial charge in [0.25, 0.3) is 5.91 Å². The van der Waals surface area contributed by atoms with Crippen LogP contribution in [0.15, 0.2) is 48.4 Å². The number of benzene rings is 1. The van der Waals surface area contributed by atoms with E-state index in [9.17, 15) is 24.3 Å². The number of ether oxygens (including phenoxy) is 1. The summed E-state index contributed by atoms with van der Waals surface area (Å²) in [5.74, 6) is -2.35. The zero-order valence-electron chi connectivity index (χ0n) is 25.5. The molecule has 0 bridgehead atoms. The third-order valence-corrected chi connectivity index (χ3v) is 8.41. The van der Waals surface area contributed by atoms with Crippen LogP contribution in [0.2, 0.25) is 0 Å². The molecule has 10 heteroatoms. The lowest BCUT2D eigenvalue weighted by Crippen LogP contribution is -2.42. The number of aromatic nitrogens is 1. The number of nitrogens with zero attached hydrogens (tertiary/aromatic N) is 2. The lowest BCUT2D eigenvalue weighted by Gasteiger charge is -2.34. The molecule has 5 atom stereocenters. The average molecular weight is 600 g/mol. The number of aliphatic carboxylic acids is 1. The monoisotopic (exact) mass is 599 g/mol. The first-order valence-corrected chi connectivity index (χ1v) is 15.3. The van der Waals surface area contributed by atoms with Gasteiger partial charge in [-0.05, 0) is 36.7 Å². The number of amides is 2. The van der Waals surface area contributed by atoms with Crippen LogP contribution in [0.25, 0.3) is 0 Å². The molecule has 0 aliphatic heterocycles.